The molecule has 0 aromatic heterocycles. The van der Waals surface area contributed by atoms with Gasteiger partial charge in [-0.25, -0.2) is 0 Å². The normalized spacial score (nSPS) is 10.2. The van der Waals surface area contributed by atoms with E-state index in [2.05, 4.69) is 37.4 Å². The summed E-state index contributed by atoms with van der Waals surface area (Å²) in [4.78, 5) is 0. The standard InChI is InChI=1S/C15H18N2/c1-11-8-14(16)15(9-12(11)2)17-10-13-6-4-3-5-7-13/h3-9,17H,10,16H2,1-2H3. The summed E-state index contributed by atoms with van der Waals surface area (Å²) in [7, 11) is 0. The molecular formula is C15H18N2. The van der Waals surface area contributed by atoms with Crippen LogP contribution < -0.4 is 11.1 Å². The smallest absolute Gasteiger partial charge is 0.0579 e. The number of hydrogen-bond donors (Lipinski definition) is 2. The highest BCUT2D eigenvalue weighted by Crippen LogP contribution is 2.23. The molecule has 3 N–H and O–H groups in total. The number of aryl methyl sites for hydroxylation is 2. The molecule has 0 saturated carbocycles. The first-order valence-corrected chi connectivity index (χ1v) is 5.81. The molecule has 0 unspecified atom stereocenters. The van der Waals surface area contributed by atoms with Gasteiger partial charge in [0.15, 0.2) is 0 Å². The lowest BCUT2D eigenvalue weighted by Gasteiger charge is -2.12. The highest BCUT2D eigenvalue weighted by Gasteiger charge is 2.02. The Kier molecular flexibility index (Phi) is 3.33. The van der Waals surface area contributed by atoms with Crippen molar-refractivity contribution in [1.82, 2.24) is 0 Å². The van der Waals surface area contributed by atoms with E-state index < -0.39 is 0 Å². The molecule has 2 nitrogen and oxygen atoms in total. The second kappa shape index (κ2) is 4.91. The molecule has 0 heterocycles. The highest BCUT2D eigenvalue weighted by molar-refractivity contribution is 5.68. The van der Waals surface area contributed by atoms with Gasteiger partial charge in [0, 0.05) is 6.54 Å². The minimum Gasteiger partial charge on any atom is -0.397 e. The molecule has 0 spiro atoms. The minimum atomic E-state index is 0.799. The van der Waals surface area contributed by atoms with Crippen molar-refractivity contribution in [1.29, 1.82) is 0 Å². The average molecular weight is 226 g/mol. The molecule has 0 amide bonds. The van der Waals surface area contributed by atoms with Gasteiger partial charge >= 0.3 is 0 Å². The first-order chi connectivity index (χ1) is 8.16. The number of rotatable bonds is 3. The second-order valence-electron chi connectivity index (χ2n) is 4.36. The molecule has 0 atom stereocenters. The third-order valence-electron chi connectivity index (χ3n) is 2.99. The van der Waals surface area contributed by atoms with Crippen LogP contribution >= 0.6 is 0 Å². The van der Waals surface area contributed by atoms with E-state index in [0.717, 1.165) is 17.9 Å². The Morgan fingerprint density at radius 2 is 1.65 bits per heavy atom. The van der Waals surface area contributed by atoms with Crippen molar-refractivity contribution in [2.45, 2.75) is 20.4 Å². The zero-order valence-electron chi connectivity index (χ0n) is 10.3. The summed E-state index contributed by atoms with van der Waals surface area (Å²) in [6, 6.07) is 14.4. The third-order valence-corrected chi connectivity index (χ3v) is 2.99. The van der Waals surface area contributed by atoms with Crippen molar-refractivity contribution in [3.63, 3.8) is 0 Å². The van der Waals surface area contributed by atoms with E-state index in [4.69, 9.17) is 5.73 Å². The maximum Gasteiger partial charge on any atom is 0.0579 e. The highest BCUT2D eigenvalue weighted by atomic mass is 14.9. The van der Waals surface area contributed by atoms with E-state index in [9.17, 15) is 0 Å². The van der Waals surface area contributed by atoms with Gasteiger partial charge in [0.25, 0.3) is 0 Å². The van der Waals surface area contributed by atoms with Gasteiger partial charge in [-0.15, -0.1) is 0 Å². The topological polar surface area (TPSA) is 38.0 Å². The molecule has 2 heteroatoms. The van der Waals surface area contributed by atoms with E-state index >= 15 is 0 Å². The third kappa shape index (κ3) is 2.78. The fraction of sp³-hybridized carbons (Fsp3) is 0.200. The van der Waals surface area contributed by atoms with Crippen LogP contribution in [0.3, 0.4) is 0 Å². The van der Waals surface area contributed by atoms with Gasteiger partial charge < -0.3 is 11.1 Å². The summed E-state index contributed by atoms with van der Waals surface area (Å²) in [6.45, 7) is 4.97. The largest absolute Gasteiger partial charge is 0.397 e. The van der Waals surface area contributed by atoms with Crippen LogP contribution in [0, 0.1) is 13.8 Å². The predicted molar refractivity (Wildman–Crippen MR) is 74.1 cm³/mol. The Bertz CT molecular complexity index is 504. The van der Waals surface area contributed by atoms with Gasteiger partial charge in [0.2, 0.25) is 0 Å². The molecule has 2 aromatic carbocycles. The van der Waals surface area contributed by atoms with Crippen LogP contribution in [0.2, 0.25) is 0 Å². The fourth-order valence-corrected chi connectivity index (χ4v) is 1.78. The molecule has 2 rings (SSSR count). The van der Waals surface area contributed by atoms with Crippen LogP contribution in [0.25, 0.3) is 0 Å². The molecule has 0 radical (unpaired) electrons. The zero-order chi connectivity index (χ0) is 12.3. The molecule has 0 aliphatic rings. The van der Waals surface area contributed by atoms with Gasteiger partial charge in [0.05, 0.1) is 11.4 Å². The maximum absolute atomic E-state index is 5.99. The van der Waals surface area contributed by atoms with Crippen LogP contribution in [0.4, 0.5) is 11.4 Å². The number of nitrogen functional groups attached to an aromatic ring is 1. The molecule has 2 aromatic rings. The van der Waals surface area contributed by atoms with E-state index in [1.54, 1.807) is 0 Å². The summed E-state index contributed by atoms with van der Waals surface area (Å²) >= 11 is 0. The first kappa shape index (κ1) is 11.5. The second-order valence-corrected chi connectivity index (χ2v) is 4.36. The van der Waals surface area contributed by atoms with Crippen LogP contribution in [0.1, 0.15) is 16.7 Å². The van der Waals surface area contributed by atoms with E-state index in [1.165, 1.54) is 16.7 Å². The first-order valence-electron chi connectivity index (χ1n) is 5.81. The Balaban J connectivity index is 2.12. The summed E-state index contributed by atoms with van der Waals surface area (Å²) < 4.78 is 0. The van der Waals surface area contributed by atoms with Gasteiger partial charge in [0.1, 0.15) is 0 Å². The lowest BCUT2D eigenvalue weighted by molar-refractivity contribution is 1.15. The molecule has 0 bridgehead atoms. The molecule has 17 heavy (non-hydrogen) atoms. The minimum absolute atomic E-state index is 0.799. The van der Waals surface area contributed by atoms with Crippen LogP contribution in [0.5, 0.6) is 0 Å². The average Bonchev–Trinajstić information content (AvgIpc) is 2.33. The van der Waals surface area contributed by atoms with Gasteiger partial charge in [-0.1, -0.05) is 30.3 Å². The van der Waals surface area contributed by atoms with Crippen molar-refractivity contribution in [3.8, 4) is 0 Å². The van der Waals surface area contributed by atoms with Crippen molar-refractivity contribution < 1.29 is 0 Å². The number of anilines is 2. The molecule has 0 aliphatic carbocycles. The lowest BCUT2D eigenvalue weighted by Crippen LogP contribution is -2.03. The quantitative estimate of drug-likeness (QED) is 0.786. The summed E-state index contributed by atoms with van der Waals surface area (Å²) in [5, 5.41) is 3.37. The zero-order valence-corrected chi connectivity index (χ0v) is 10.3. The van der Waals surface area contributed by atoms with Crippen LogP contribution in [-0.2, 0) is 6.54 Å². The lowest BCUT2D eigenvalue weighted by atomic mass is 10.1. The van der Waals surface area contributed by atoms with E-state index in [1.807, 2.05) is 24.3 Å². The van der Waals surface area contributed by atoms with Gasteiger partial charge in [-0.05, 0) is 42.7 Å². The van der Waals surface area contributed by atoms with E-state index in [0.29, 0.717) is 0 Å². The SMILES string of the molecule is Cc1cc(N)c(NCc2ccccc2)cc1C. The molecular weight excluding hydrogens is 208 g/mol. The van der Waals surface area contributed by atoms with E-state index in [-0.39, 0.29) is 0 Å². The Labute approximate surface area is 102 Å². The fourth-order valence-electron chi connectivity index (χ4n) is 1.78. The summed E-state index contributed by atoms with van der Waals surface area (Å²) in [5.74, 6) is 0. The van der Waals surface area contributed by atoms with Gasteiger partial charge in [-0.3, -0.25) is 0 Å². The molecule has 0 aliphatic heterocycles. The van der Waals surface area contributed by atoms with Crippen molar-refractivity contribution in [2.24, 2.45) is 0 Å². The van der Waals surface area contributed by atoms with Crippen LogP contribution in [0.15, 0.2) is 42.5 Å². The van der Waals surface area contributed by atoms with Crippen molar-refractivity contribution >= 4 is 11.4 Å². The maximum atomic E-state index is 5.99. The summed E-state index contributed by atoms with van der Waals surface area (Å²) in [6.07, 6.45) is 0. The van der Waals surface area contributed by atoms with Gasteiger partial charge in [-0.2, -0.15) is 0 Å². The Morgan fingerprint density at radius 3 is 2.35 bits per heavy atom. The van der Waals surface area contributed by atoms with Crippen molar-refractivity contribution in [2.75, 3.05) is 11.1 Å². The number of nitrogens with two attached hydrogens (primary N) is 1. The van der Waals surface area contributed by atoms with Crippen LogP contribution in [-0.4, -0.2) is 0 Å². The summed E-state index contributed by atoms with van der Waals surface area (Å²) in [5.41, 5.74) is 11.6. The Hall–Kier alpha value is -1.96. The number of nitrogens with one attached hydrogen (secondary N) is 1. The molecule has 0 fully saturated rings. The number of benzene rings is 2. The molecule has 88 valence electrons. The van der Waals surface area contributed by atoms with Crippen molar-refractivity contribution in [3.05, 3.63) is 59.2 Å². The monoisotopic (exact) mass is 226 g/mol. The Morgan fingerprint density at radius 1 is 1.00 bits per heavy atom. The predicted octanol–water partition coefficient (Wildman–Crippen LogP) is 3.50. The molecule has 0 saturated heterocycles. The number of hydrogen-bond acceptors (Lipinski definition) is 2.